The number of carbonyl (C=O) groups is 1. The van der Waals surface area contributed by atoms with Crippen LogP contribution >= 0.6 is 11.8 Å². The molecule has 2 aromatic heterocycles. The summed E-state index contributed by atoms with van der Waals surface area (Å²) in [5, 5.41) is 4.65. The summed E-state index contributed by atoms with van der Waals surface area (Å²) in [4.78, 5) is 18.1. The Morgan fingerprint density at radius 2 is 2.22 bits per heavy atom. The summed E-state index contributed by atoms with van der Waals surface area (Å²) in [6.07, 6.45) is 6.90. The number of rotatable bonds is 6. The summed E-state index contributed by atoms with van der Waals surface area (Å²) in [7, 11) is 0. The molecule has 0 saturated heterocycles. The minimum atomic E-state index is -0.422. The van der Waals surface area contributed by atoms with Gasteiger partial charge in [0, 0.05) is 24.3 Å². The number of carbonyl (C=O) groups excluding carboxylic acids is 1. The molecule has 124 valence electrons. The third kappa shape index (κ3) is 4.10. The molecule has 2 rings (SSSR count). The summed E-state index contributed by atoms with van der Waals surface area (Å²) in [6.45, 7) is 6.37. The SMILES string of the molecule is CCN(C(=O)CC(C)SC)c1cn(-c2cncc(F)c2)nc1C. The van der Waals surface area contributed by atoms with E-state index in [4.69, 9.17) is 0 Å². The first-order valence-electron chi connectivity index (χ1n) is 7.46. The molecule has 0 bridgehead atoms. The molecule has 1 amide bonds. The molecule has 0 aliphatic heterocycles. The van der Waals surface area contributed by atoms with E-state index in [1.807, 2.05) is 27.0 Å². The van der Waals surface area contributed by atoms with Crippen LogP contribution in [0.25, 0.3) is 5.69 Å². The average Bonchev–Trinajstić information content (AvgIpc) is 2.90. The molecule has 1 unspecified atom stereocenters. The van der Waals surface area contributed by atoms with Gasteiger partial charge in [0.15, 0.2) is 0 Å². The first-order valence-corrected chi connectivity index (χ1v) is 8.75. The van der Waals surface area contributed by atoms with Crippen molar-refractivity contribution < 1.29 is 9.18 Å². The first kappa shape index (κ1) is 17.5. The zero-order valence-electron chi connectivity index (χ0n) is 13.8. The van der Waals surface area contributed by atoms with Gasteiger partial charge in [0.25, 0.3) is 0 Å². The van der Waals surface area contributed by atoms with Crippen LogP contribution in [0.15, 0.2) is 24.7 Å². The van der Waals surface area contributed by atoms with Crippen LogP contribution in [-0.2, 0) is 4.79 Å². The Morgan fingerprint density at radius 1 is 1.48 bits per heavy atom. The fraction of sp³-hybridized carbons (Fsp3) is 0.438. The monoisotopic (exact) mass is 336 g/mol. The van der Waals surface area contributed by atoms with Gasteiger partial charge in [-0.25, -0.2) is 9.07 Å². The van der Waals surface area contributed by atoms with Gasteiger partial charge in [0.2, 0.25) is 5.91 Å². The lowest BCUT2D eigenvalue weighted by atomic mass is 10.2. The molecule has 2 aromatic rings. The lowest BCUT2D eigenvalue weighted by Gasteiger charge is -2.21. The van der Waals surface area contributed by atoms with Crippen LogP contribution in [0.5, 0.6) is 0 Å². The Balaban J connectivity index is 2.30. The van der Waals surface area contributed by atoms with Crippen molar-refractivity contribution in [3.63, 3.8) is 0 Å². The Labute approximate surface area is 139 Å². The van der Waals surface area contributed by atoms with E-state index in [2.05, 4.69) is 10.1 Å². The third-order valence-electron chi connectivity index (χ3n) is 3.60. The summed E-state index contributed by atoms with van der Waals surface area (Å²) >= 11 is 1.67. The number of aromatic nitrogens is 3. The number of aryl methyl sites for hydroxylation is 1. The molecule has 0 radical (unpaired) electrons. The Hall–Kier alpha value is -1.89. The van der Waals surface area contributed by atoms with E-state index < -0.39 is 5.82 Å². The molecule has 1 atom stereocenters. The Kier molecular flexibility index (Phi) is 5.76. The van der Waals surface area contributed by atoms with Crippen LogP contribution in [0.2, 0.25) is 0 Å². The second kappa shape index (κ2) is 7.59. The fourth-order valence-corrected chi connectivity index (χ4v) is 2.60. The predicted molar refractivity (Wildman–Crippen MR) is 91.7 cm³/mol. The summed E-state index contributed by atoms with van der Waals surface area (Å²) in [5.74, 6) is -0.358. The van der Waals surface area contributed by atoms with Crippen LogP contribution in [-0.4, -0.2) is 38.7 Å². The summed E-state index contributed by atoms with van der Waals surface area (Å²) in [5.41, 5.74) is 2.00. The molecule has 2 heterocycles. The largest absolute Gasteiger partial charge is 0.310 e. The first-order chi connectivity index (χ1) is 11.0. The number of amides is 1. The highest BCUT2D eigenvalue weighted by Crippen LogP contribution is 2.23. The maximum atomic E-state index is 13.3. The number of anilines is 1. The van der Waals surface area contributed by atoms with E-state index in [1.54, 1.807) is 27.5 Å². The maximum absolute atomic E-state index is 13.3. The van der Waals surface area contributed by atoms with Crippen molar-refractivity contribution in [2.75, 3.05) is 17.7 Å². The number of halogens is 1. The summed E-state index contributed by atoms with van der Waals surface area (Å²) < 4.78 is 14.9. The van der Waals surface area contributed by atoms with Gasteiger partial charge in [0.05, 0.1) is 35.7 Å². The number of pyridine rings is 1. The van der Waals surface area contributed by atoms with Gasteiger partial charge in [-0.1, -0.05) is 6.92 Å². The normalized spacial score (nSPS) is 12.2. The van der Waals surface area contributed by atoms with Crippen molar-refractivity contribution in [3.8, 4) is 5.69 Å². The lowest BCUT2D eigenvalue weighted by molar-refractivity contribution is -0.118. The van der Waals surface area contributed by atoms with Crippen molar-refractivity contribution in [2.45, 2.75) is 32.4 Å². The highest BCUT2D eigenvalue weighted by molar-refractivity contribution is 7.99. The number of thioether (sulfide) groups is 1. The standard InChI is InChI=1S/C16H21FN4OS/c1-5-20(16(22)6-11(2)23-4)15-10-21(19-12(15)3)14-7-13(17)8-18-9-14/h7-11H,5-6H2,1-4H3. The van der Waals surface area contributed by atoms with Crippen LogP contribution in [0.3, 0.4) is 0 Å². The van der Waals surface area contributed by atoms with E-state index in [-0.39, 0.29) is 11.2 Å². The second-order valence-corrected chi connectivity index (χ2v) is 6.57. The number of hydrogen-bond acceptors (Lipinski definition) is 4. The van der Waals surface area contributed by atoms with E-state index >= 15 is 0 Å². The van der Waals surface area contributed by atoms with Crippen molar-refractivity contribution >= 4 is 23.4 Å². The van der Waals surface area contributed by atoms with Crippen molar-refractivity contribution in [1.29, 1.82) is 0 Å². The maximum Gasteiger partial charge on any atom is 0.228 e. The van der Waals surface area contributed by atoms with Crippen molar-refractivity contribution in [3.05, 3.63) is 36.2 Å². The van der Waals surface area contributed by atoms with E-state index in [0.717, 1.165) is 17.6 Å². The molecule has 0 fully saturated rings. The lowest BCUT2D eigenvalue weighted by Crippen LogP contribution is -2.32. The summed E-state index contributed by atoms with van der Waals surface area (Å²) in [6, 6.07) is 1.36. The molecule has 0 aliphatic rings. The zero-order chi connectivity index (χ0) is 17.0. The topological polar surface area (TPSA) is 51.0 Å². The number of nitrogens with zero attached hydrogens (tertiary/aromatic N) is 4. The zero-order valence-corrected chi connectivity index (χ0v) is 14.6. The van der Waals surface area contributed by atoms with Gasteiger partial charge in [-0.05, 0) is 20.1 Å². The molecule has 0 aromatic carbocycles. The molecule has 0 N–H and O–H groups in total. The van der Waals surface area contributed by atoms with Crippen molar-refractivity contribution in [2.24, 2.45) is 0 Å². The minimum absolute atomic E-state index is 0.0642. The minimum Gasteiger partial charge on any atom is -0.310 e. The molecule has 0 saturated carbocycles. The van der Waals surface area contributed by atoms with Crippen LogP contribution in [0.4, 0.5) is 10.1 Å². The molecule has 0 spiro atoms. The smallest absolute Gasteiger partial charge is 0.228 e. The Bertz CT molecular complexity index is 688. The van der Waals surface area contributed by atoms with Gasteiger partial charge >= 0.3 is 0 Å². The van der Waals surface area contributed by atoms with Gasteiger partial charge < -0.3 is 4.90 Å². The van der Waals surface area contributed by atoms with Crippen molar-refractivity contribution in [1.82, 2.24) is 14.8 Å². The predicted octanol–water partition coefficient (Wildman–Crippen LogP) is 3.21. The molecular formula is C16H21FN4OS. The molecule has 0 aliphatic carbocycles. The fourth-order valence-electron chi connectivity index (χ4n) is 2.29. The quantitative estimate of drug-likeness (QED) is 0.813. The molecule has 7 heteroatoms. The third-order valence-corrected chi connectivity index (χ3v) is 4.57. The average molecular weight is 336 g/mol. The van der Waals surface area contributed by atoms with E-state index in [1.165, 1.54) is 12.3 Å². The van der Waals surface area contributed by atoms with E-state index in [9.17, 15) is 9.18 Å². The van der Waals surface area contributed by atoms with Gasteiger partial charge in [-0.3, -0.25) is 9.78 Å². The van der Waals surface area contributed by atoms with E-state index in [0.29, 0.717) is 18.7 Å². The highest BCUT2D eigenvalue weighted by atomic mass is 32.2. The molecular weight excluding hydrogens is 315 g/mol. The Morgan fingerprint density at radius 3 is 2.83 bits per heavy atom. The van der Waals surface area contributed by atoms with Gasteiger partial charge in [-0.2, -0.15) is 16.9 Å². The van der Waals surface area contributed by atoms with Gasteiger partial charge in [-0.15, -0.1) is 0 Å². The second-order valence-electron chi connectivity index (χ2n) is 5.29. The van der Waals surface area contributed by atoms with Crippen LogP contribution in [0, 0.1) is 12.7 Å². The number of hydrogen-bond donors (Lipinski definition) is 0. The molecule has 5 nitrogen and oxygen atoms in total. The van der Waals surface area contributed by atoms with Crippen LogP contribution in [0.1, 0.15) is 26.0 Å². The molecule has 23 heavy (non-hydrogen) atoms. The van der Waals surface area contributed by atoms with Crippen LogP contribution < -0.4 is 4.90 Å². The van der Waals surface area contributed by atoms with Gasteiger partial charge in [0.1, 0.15) is 5.82 Å². The highest BCUT2D eigenvalue weighted by Gasteiger charge is 2.20.